The molecule has 0 saturated heterocycles. The molecule has 0 radical (unpaired) electrons. The number of hydrogen-bond donors (Lipinski definition) is 0. The van der Waals surface area contributed by atoms with Crippen molar-refractivity contribution in [2.45, 2.75) is 33.3 Å². The summed E-state index contributed by atoms with van der Waals surface area (Å²) in [6.07, 6.45) is 0. The number of carbonyl (C=O) groups is 1. The summed E-state index contributed by atoms with van der Waals surface area (Å²) in [5.74, 6) is 0.645. The smallest absolute Gasteiger partial charge is 0.163 e. The van der Waals surface area contributed by atoms with Gasteiger partial charge in [-0.25, -0.2) is 0 Å². The van der Waals surface area contributed by atoms with Gasteiger partial charge in [0.25, 0.3) is 0 Å². The number of benzene rings is 1. The molecule has 0 aliphatic heterocycles. The second kappa shape index (κ2) is 4.35. The Morgan fingerprint density at radius 2 is 1.93 bits per heavy atom. The van der Waals surface area contributed by atoms with Crippen LogP contribution in [0.3, 0.4) is 0 Å². The van der Waals surface area contributed by atoms with E-state index < -0.39 is 0 Å². The SMILES string of the molecule is CC(=O)c1ccc(Br)cc1OC(C)(C)C. The quantitative estimate of drug-likeness (QED) is 0.764. The Bertz CT molecular complexity index is 378. The predicted octanol–water partition coefficient (Wildman–Crippen LogP) is 3.83. The van der Waals surface area contributed by atoms with Crippen molar-refractivity contribution >= 4 is 21.7 Å². The van der Waals surface area contributed by atoms with Crippen LogP contribution in [0.5, 0.6) is 5.75 Å². The number of Topliss-reactive ketones (excluding diaryl/α,β-unsaturated/α-hetero) is 1. The lowest BCUT2D eigenvalue weighted by Gasteiger charge is -2.22. The summed E-state index contributed by atoms with van der Waals surface area (Å²) in [7, 11) is 0. The highest BCUT2D eigenvalue weighted by Gasteiger charge is 2.16. The van der Waals surface area contributed by atoms with Crippen LogP contribution in [0.2, 0.25) is 0 Å². The Kier molecular flexibility index (Phi) is 3.55. The number of ether oxygens (including phenoxy) is 1. The van der Waals surface area contributed by atoms with E-state index in [2.05, 4.69) is 15.9 Å². The van der Waals surface area contributed by atoms with E-state index in [0.29, 0.717) is 11.3 Å². The zero-order chi connectivity index (χ0) is 11.6. The molecule has 0 bridgehead atoms. The van der Waals surface area contributed by atoms with Gasteiger partial charge in [-0.15, -0.1) is 0 Å². The first-order chi connectivity index (χ1) is 6.79. The van der Waals surface area contributed by atoms with Crippen LogP contribution in [0.15, 0.2) is 22.7 Å². The number of carbonyl (C=O) groups excluding carboxylic acids is 1. The van der Waals surface area contributed by atoms with Crippen molar-refractivity contribution in [1.29, 1.82) is 0 Å². The molecule has 15 heavy (non-hydrogen) atoms. The molecule has 0 N–H and O–H groups in total. The molecule has 0 amide bonds. The van der Waals surface area contributed by atoms with E-state index in [9.17, 15) is 4.79 Å². The largest absolute Gasteiger partial charge is 0.487 e. The van der Waals surface area contributed by atoms with Crippen LogP contribution in [0.4, 0.5) is 0 Å². The summed E-state index contributed by atoms with van der Waals surface area (Å²) in [6, 6.07) is 5.43. The van der Waals surface area contributed by atoms with E-state index in [-0.39, 0.29) is 11.4 Å². The molecule has 1 rings (SSSR count). The van der Waals surface area contributed by atoms with Crippen molar-refractivity contribution in [3.05, 3.63) is 28.2 Å². The highest BCUT2D eigenvalue weighted by Crippen LogP contribution is 2.27. The van der Waals surface area contributed by atoms with Crippen LogP contribution in [-0.4, -0.2) is 11.4 Å². The molecule has 2 nitrogen and oxygen atoms in total. The fourth-order valence-corrected chi connectivity index (χ4v) is 1.54. The van der Waals surface area contributed by atoms with Gasteiger partial charge in [-0.05, 0) is 45.9 Å². The van der Waals surface area contributed by atoms with Gasteiger partial charge in [-0.3, -0.25) is 4.79 Å². The first-order valence-electron chi connectivity index (χ1n) is 4.79. The van der Waals surface area contributed by atoms with Crippen molar-refractivity contribution in [2.75, 3.05) is 0 Å². The highest BCUT2D eigenvalue weighted by atomic mass is 79.9. The van der Waals surface area contributed by atoms with Crippen molar-refractivity contribution in [3.63, 3.8) is 0 Å². The average Bonchev–Trinajstić information content (AvgIpc) is 1.99. The average molecular weight is 271 g/mol. The molecule has 0 unspecified atom stereocenters. The minimum Gasteiger partial charge on any atom is -0.487 e. The van der Waals surface area contributed by atoms with Gasteiger partial charge in [0.15, 0.2) is 5.78 Å². The number of ketones is 1. The predicted molar refractivity (Wildman–Crippen MR) is 64.5 cm³/mol. The van der Waals surface area contributed by atoms with E-state index in [1.54, 1.807) is 13.0 Å². The molecular weight excluding hydrogens is 256 g/mol. The minimum absolute atomic E-state index is 0.0155. The molecule has 1 aromatic carbocycles. The van der Waals surface area contributed by atoms with Gasteiger partial charge in [-0.1, -0.05) is 15.9 Å². The molecule has 1 aromatic rings. The van der Waals surface area contributed by atoms with Crippen LogP contribution >= 0.6 is 15.9 Å². The molecule has 0 aliphatic rings. The van der Waals surface area contributed by atoms with E-state index >= 15 is 0 Å². The second-order valence-corrected chi connectivity index (χ2v) is 5.33. The monoisotopic (exact) mass is 270 g/mol. The first-order valence-corrected chi connectivity index (χ1v) is 5.58. The number of rotatable bonds is 2. The molecule has 0 atom stereocenters. The van der Waals surface area contributed by atoms with Gasteiger partial charge in [0.05, 0.1) is 5.56 Å². The molecule has 3 heteroatoms. The highest BCUT2D eigenvalue weighted by molar-refractivity contribution is 9.10. The topological polar surface area (TPSA) is 26.3 Å². The zero-order valence-electron chi connectivity index (χ0n) is 9.43. The van der Waals surface area contributed by atoms with E-state index in [1.807, 2.05) is 32.9 Å². The Morgan fingerprint density at radius 3 is 2.40 bits per heavy atom. The van der Waals surface area contributed by atoms with Crippen LogP contribution in [0.1, 0.15) is 38.1 Å². The second-order valence-electron chi connectivity index (χ2n) is 4.41. The molecule has 0 aromatic heterocycles. The maximum Gasteiger partial charge on any atom is 0.163 e. The number of hydrogen-bond acceptors (Lipinski definition) is 2. The summed E-state index contributed by atoms with van der Waals surface area (Å²) in [5.41, 5.74) is 0.318. The molecule has 0 fully saturated rings. The van der Waals surface area contributed by atoms with Crippen molar-refractivity contribution in [3.8, 4) is 5.75 Å². The molecule has 0 heterocycles. The van der Waals surface area contributed by atoms with Gasteiger partial charge in [0.2, 0.25) is 0 Å². The van der Waals surface area contributed by atoms with Crippen LogP contribution in [0, 0.1) is 0 Å². The van der Waals surface area contributed by atoms with Gasteiger partial charge in [0.1, 0.15) is 11.4 Å². The summed E-state index contributed by atoms with van der Waals surface area (Å²) >= 11 is 3.36. The lowest BCUT2D eigenvalue weighted by Crippen LogP contribution is -2.24. The Labute approximate surface area is 98.8 Å². The first kappa shape index (κ1) is 12.2. The summed E-state index contributed by atoms with van der Waals surface area (Å²) in [6.45, 7) is 7.41. The minimum atomic E-state index is -0.301. The Morgan fingerprint density at radius 1 is 1.33 bits per heavy atom. The van der Waals surface area contributed by atoms with Crippen molar-refractivity contribution in [2.24, 2.45) is 0 Å². The third kappa shape index (κ3) is 3.67. The van der Waals surface area contributed by atoms with E-state index in [0.717, 1.165) is 4.47 Å². The summed E-state index contributed by atoms with van der Waals surface area (Å²) < 4.78 is 6.63. The fraction of sp³-hybridized carbons (Fsp3) is 0.417. The Balaban J connectivity index is 3.13. The van der Waals surface area contributed by atoms with E-state index in [1.165, 1.54) is 0 Å². The molecule has 0 aliphatic carbocycles. The molecule has 0 spiro atoms. The number of halogens is 1. The normalized spacial score (nSPS) is 11.3. The molecule has 0 saturated carbocycles. The van der Waals surface area contributed by atoms with Crippen LogP contribution in [-0.2, 0) is 0 Å². The fourth-order valence-electron chi connectivity index (χ4n) is 1.20. The third-order valence-electron chi connectivity index (χ3n) is 1.74. The molecular formula is C12H15BrO2. The van der Waals surface area contributed by atoms with Gasteiger partial charge in [0, 0.05) is 4.47 Å². The third-order valence-corrected chi connectivity index (χ3v) is 2.23. The standard InChI is InChI=1S/C12H15BrO2/c1-8(14)10-6-5-9(13)7-11(10)15-12(2,3)4/h5-7H,1-4H3. The van der Waals surface area contributed by atoms with Crippen LogP contribution < -0.4 is 4.74 Å². The van der Waals surface area contributed by atoms with Gasteiger partial charge < -0.3 is 4.74 Å². The summed E-state index contributed by atoms with van der Waals surface area (Å²) in [5, 5.41) is 0. The van der Waals surface area contributed by atoms with Crippen molar-refractivity contribution < 1.29 is 9.53 Å². The maximum atomic E-state index is 11.4. The Hall–Kier alpha value is -0.830. The summed E-state index contributed by atoms with van der Waals surface area (Å²) in [4.78, 5) is 11.4. The maximum absolute atomic E-state index is 11.4. The molecule has 82 valence electrons. The lowest BCUT2D eigenvalue weighted by atomic mass is 10.1. The lowest BCUT2D eigenvalue weighted by molar-refractivity contribution is 0.0990. The van der Waals surface area contributed by atoms with Gasteiger partial charge in [-0.2, -0.15) is 0 Å². The zero-order valence-corrected chi connectivity index (χ0v) is 11.0. The van der Waals surface area contributed by atoms with Crippen molar-refractivity contribution in [1.82, 2.24) is 0 Å². The van der Waals surface area contributed by atoms with Crippen LogP contribution in [0.25, 0.3) is 0 Å². The van der Waals surface area contributed by atoms with Gasteiger partial charge >= 0.3 is 0 Å². The van der Waals surface area contributed by atoms with E-state index in [4.69, 9.17) is 4.74 Å².